The Balaban J connectivity index is 0. The number of carboxylic acids is 2. The van der Waals surface area contributed by atoms with Crippen LogP contribution in [0.3, 0.4) is 0 Å². The molecule has 0 bridgehead atoms. The second-order valence-electron chi connectivity index (χ2n) is 10.4. The Morgan fingerprint density at radius 3 is 1.31 bits per heavy atom. The van der Waals surface area contributed by atoms with Crippen LogP contribution < -0.4 is 0 Å². The molecule has 0 heterocycles. The number of unbranched alkanes of at least 4 members (excludes halogenated alkanes) is 10. The minimum atomic E-state index is -0.732. The first-order valence-corrected chi connectivity index (χ1v) is 16.5. The molecule has 0 atom stereocenters. The monoisotopic (exact) mass is 582 g/mol. The van der Waals surface area contributed by atoms with Gasteiger partial charge in [0.2, 0.25) is 0 Å². The summed E-state index contributed by atoms with van der Waals surface area (Å²) in [5.41, 5.74) is 0. The summed E-state index contributed by atoms with van der Waals surface area (Å²) in [6.07, 6.45) is 50.9. The Labute approximate surface area is 258 Å². The Kier molecular flexibility index (Phi) is 37.4. The van der Waals surface area contributed by atoms with E-state index in [1.54, 1.807) is 0 Å². The number of carboxylic acid groups (broad SMARTS) is 2. The largest absolute Gasteiger partial charge is 0.481 e. The maximum absolute atomic E-state index is 10.4. The number of hydrogen-bond acceptors (Lipinski definition) is 2. The highest BCUT2D eigenvalue weighted by Gasteiger charge is 1.95. The number of hydrogen-bond donors (Lipinski definition) is 2. The van der Waals surface area contributed by atoms with Gasteiger partial charge in [0.25, 0.3) is 0 Å². The molecule has 42 heavy (non-hydrogen) atoms. The SMILES string of the molecule is CC=CCC=CCC=CCCC=CCCC(=O)O.CCCCCCCCC=CCC=CCC=CCCCCCC(=O)O. The molecule has 0 aliphatic carbocycles. The molecule has 0 aliphatic heterocycles. The molecule has 0 aromatic carbocycles. The molecule has 0 aromatic heterocycles. The van der Waals surface area contributed by atoms with E-state index in [-0.39, 0.29) is 6.42 Å². The van der Waals surface area contributed by atoms with Crippen molar-refractivity contribution in [3.05, 3.63) is 85.1 Å². The predicted molar refractivity (Wildman–Crippen MR) is 183 cm³/mol. The zero-order valence-corrected chi connectivity index (χ0v) is 26.9. The molecular weight excluding hydrogens is 520 g/mol. The standard InChI is InChI=1S/C22H38O2.C16H24O2/c1-2-3-4-5-6-7-8-9-10-11-12-13-14-15-16-17-18-19-20-21-22(23)24;1-2-3-4-5-6-7-8-9-10-11-12-13-14-15-16(17)18/h9-10,12-13,15-16H,2-8,11,14,17-21H2,1H3,(H,23,24);2-3,5-6,8-9,12-13H,4,7,10-11,14-15H2,1H3,(H,17,18). The van der Waals surface area contributed by atoms with Crippen LogP contribution in [0.5, 0.6) is 0 Å². The van der Waals surface area contributed by atoms with E-state index in [0.29, 0.717) is 12.8 Å². The summed E-state index contributed by atoms with van der Waals surface area (Å²) < 4.78 is 0. The first kappa shape index (κ1) is 41.3. The summed E-state index contributed by atoms with van der Waals surface area (Å²) >= 11 is 0. The quantitative estimate of drug-likeness (QED) is 0.0746. The summed E-state index contributed by atoms with van der Waals surface area (Å²) in [4.78, 5) is 20.6. The van der Waals surface area contributed by atoms with Crippen molar-refractivity contribution in [3.8, 4) is 0 Å². The minimum absolute atomic E-state index is 0.226. The Hall–Kier alpha value is -2.88. The van der Waals surface area contributed by atoms with Crippen molar-refractivity contribution in [2.45, 2.75) is 142 Å². The van der Waals surface area contributed by atoms with Crippen molar-refractivity contribution >= 4 is 11.9 Å². The lowest BCUT2D eigenvalue weighted by Crippen LogP contribution is -1.93. The van der Waals surface area contributed by atoms with Crippen molar-refractivity contribution in [1.29, 1.82) is 0 Å². The smallest absolute Gasteiger partial charge is 0.303 e. The lowest BCUT2D eigenvalue weighted by atomic mass is 10.1. The molecule has 0 aliphatic rings. The van der Waals surface area contributed by atoms with Crippen LogP contribution >= 0.6 is 0 Å². The first-order chi connectivity index (χ1) is 20.5. The van der Waals surface area contributed by atoms with Crippen LogP contribution in [0.2, 0.25) is 0 Å². The van der Waals surface area contributed by atoms with Crippen LogP contribution in [-0.4, -0.2) is 22.2 Å². The maximum atomic E-state index is 10.4. The fourth-order valence-corrected chi connectivity index (χ4v) is 3.87. The van der Waals surface area contributed by atoms with E-state index in [0.717, 1.165) is 64.2 Å². The van der Waals surface area contributed by atoms with Gasteiger partial charge in [0, 0.05) is 12.8 Å². The normalized spacial score (nSPS) is 12.2. The minimum Gasteiger partial charge on any atom is -0.481 e. The van der Waals surface area contributed by atoms with E-state index in [1.165, 1.54) is 44.9 Å². The molecule has 0 aromatic rings. The first-order valence-electron chi connectivity index (χ1n) is 16.5. The zero-order chi connectivity index (χ0) is 31.2. The van der Waals surface area contributed by atoms with Crippen LogP contribution in [0, 0.1) is 0 Å². The van der Waals surface area contributed by atoms with Gasteiger partial charge in [-0.3, -0.25) is 9.59 Å². The van der Waals surface area contributed by atoms with Gasteiger partial charge in [-0.1, -0.05) is 131 Å². The van der Waals surface area contributed by atoms with Gasteiger partial charge in [-0.25, -0.2) is 0 Å². The van der Waals surface area contributed by atoms with E-state index >= 15 is 0 Å². The third kappa shape index (κ3) is 44.1. The third-order valence-electron chi connectivity index (χ3n) is 6.34. The summed E-state index contributed by atoms with van der Waals surface area (Å²) in [5, 5.41) is 17.0. The van der Waals surface area contributed by atoms with Gasteiger partial charge in [-0.2, -0.15) is 0 Å². The van der Waals surface area contributed by atoms with Gasteiger partial charge in [-0.05, 0) is 84.0 Å². The lowest BCUT2D eigenvalue weighted by Gasteiger charge is -1.97. The number of carbonyl (C=O) groups is 2. The van der Waals surface area contributed by atoms with Crippen molar-refractivity contribution in [2.24, 2.45) is 0 Å². The third-order valence-corrected chi connectivity index (χ3v) is 6.34. The Morgan fingerprint density at radius 2 is 0.810 bits per heavy atom. The number of rotatable bonds is 27. The van der Waals surface area contributed by atoms with E-state index < -0.39 is 11.9 Å². The molecular formula is C38H62O4. The summed E-state index contributed by atoms with van der Waals surface area (Å²) in [7, 11) is 0. The topological polar surface area (TPSA) is 74.6 Å². The summed E-state index contributed by atoms with van der Waals surface area (Å²) in [6, 6.07) is 0. The highest BCUT2D eigenvalue weighted by molar-refractivity contribution is 5.67. The number of aliphatic carboxylic acids is 2. The highest BCUT2D eigenvalue weighted by atomic mass is 16.4. The van der Waals surface area contributed by atoms with E-state index in [2.05, 4.69) is 85.9 Å². The molecule has 0 saturated heterocycles. The molecule has 238 valence electrons. The van der Waals surface area contributed by atoms with Gasteiger partial charge >= 0.3 is 11.9 Å². The van der Waals surface area contributed by atoms with Gasteiger partial charge in [-0.15, -0.1) is 0 Å². The highest BCUT2D eigenvalue weighted by Crippen LogP contribution is 2.08. The van der Waals surface area contributed by atoms with Gasteiger partial charge in [0.05, 0.1) is 0 Å². The molecule has 0 radical (unpaired) electrons. The Bertz CT molecular complexity index is 796. The van der Waals surface area contributed by atoms with Gasteiger partial charge in [0.15, 0.2) is 0 Å². The number of allylic oxidation sites excluding steroid dienone is 14. The molecule has 2 N–H and O–H groups in total. The molecule has 0 saturated carbocycles. The van der Waals surface area contributed by atoms with Crippen molar-refractivity contribution in [1.82, 2.24) is 0 Å². The van der Waals surface area contributed by atoms with Crippen LogP contribution in [0.15, 0.2) is 85.1 Å². The maximum Gasteiger partial charge on any atom is 0.303 e. The van der Waals surface area contributed by atoms with Crippen LogP contribution in [0.1, 0.15) is 142 Å². The van der Waals surface area contributed by atoms with E-state index in [1.807, 2.05) is 13.0 Å². The molecule has 0 unspecified atom stereocenters. The Morgan fingerprint density at radius 1 is 0.429 bits per heavy atom. The van der Waals surface area contributed by atoms with Crippen LogP contribution in [0.4, 0.5) is 0 Å². The molecule has 0 amide bonds. The summed E-state index contributed by atoms with van der Waals surface area (Å²) in [6.45, 7) is 4.29. The van der Waals surface area contributed by atoms with Crippen molar-refractivity contribution in [3.63, 3.8) is 0 Å². The van der Waals surface area contributed by atoms with Gasteiger partial charge in [0.1, 0.15) is 0 Å². The molecule has 4 heteroatoms. The van der Waals surface area contributed by atoms with Crippen molar-refractivity contribution in [2.75, 3.05) is 0 Å². The molecule has 0 spiro atoms. The fraction of sp³-hybridized carbons (Fsp3) is 0.579. The lowest BCUT2D eigenvalue weighted by molar-refractivity contribution is -0.138. The van der Waals surface area contributed by atoms with Gasteiger partial charge < -0.3 is 10.2 Å². The second-order valence-corrected chi connectivity index (χ2v) is 10.4. The molecule has 4 nitrogen and oxygen atoms in total. The van der Waals surface area contributed by atoms with E-state index in [4.69, 9.17) is 10.2 Å². The molecule has 0 rings (SSSR count). The zero-order valence-electron chi connectivity index (χ0n) is 26.9. The van der Waals surface area contributed by atoms with Crippen LogP contribution in [-0.2, 0) is 9.59 Å². The fourth-order valence-electron chi connectivity index (χ4n) is 3.87. The predicted octanol–water partition coefficient (Wildman–Crippen LogP) is 11.9. The second kappa shape index (κ2) is 38.1. The molecule has 0 fully saturated rings. The average molecular weight is 583 g/mol. The van der Waals surface area contributed by atoms with Crippen LogP contribution in [0.25, 0.3) is 0 Å². The average Bonchev–Trinajstić information content (AvgIpc) is 2.97. The van der Waals surface area contributed by atoms with E-state index in [9.17, 15) is 9.59 Å². The van der Waals surface area contributed by atoms with Crippen molar-refractivity contribution < 1.29 is 19.8 Å². The summed E-state index contributed by atoms with van der Waals surface area (Å²) in [5.74, 6) is -1.42.